The molecule has 0 amide bonds. The highest BCUT2D eigenvalue weighted by molar-refractivity contribution is 7.07. The molecule has 5 rings (SSSR count). The van der Waals surface area contributed by atoms with Crippen molar-refractivity contribution < 1.29 is 28.8 Å². The average Bonchev–Trinajstić information content (AvgIpc) is 3.45. The van der Waals surface area contributed by atoms with Crippen molar-refractivity contribution >= 4 is 29.1 Å². The number of phenolic OH excluding ortho intramolecular Hbond substituents is 1. The summed E-state index contributed by atoms with van der Waals surface area (Å²) in [7, 11) is 0. The van der Waals surface area contributed by atoms with Crippen LogP contribution in [0.2, 0.25) is 0 Å². The molecule has 1 atom stereocenters. The number of hydrogen-bond acceptors (Lipinski definition) is 9. The fraction of sp³-hybridized carbons (Fsp3) is 0.269. The van der Waals surface area contributed by atoms with E-state index in [0.29, 0.717) is 44.4 Å². The quantitative estimate of drug-likeness (QED) is 0.510. The highest BCUT2D eigenvalue weighted by Gasteiger charge is 2.32. The summed E-state index contributed by atoms with van der Waals surface area (Å²) in [4.78, 5) is 31.7. The van der Waals surface area contributed by atoms with Gasteiger partial charge in [-0.15, -0.1) is 0 Å². The van der Waals surface area contributed by atoms with Crippen molar-refractivity contribution in [1.82, 2.24) is 4.57 Å². The minimum atomic E-state index is -0.678. The summed E-state index contributed by atoms with van der Waals surface area (Å²) in [6.07, 6.45) is 1.71. The molecule has 0 unspecified atom stereocenters. The Morgan fingerprint density at radius 1 is 1.19 bits per heavy atom. The highest BCUT2D eigenvalue weighted by atomic mass is 32.1. The third-order valence-electron chi connectivity index (χ3n) is 5.83. The lowest BCUT2D eigenvalue weighted by atomic mass is 9.96. The Labute approximate surface area is 210 Å². The van der Waals surface area contributed by atoms with Gasteiger partial charge in [-0.1, -0.05) is 23.5 Å². The summed E-state index contributed by atoms with van der Waals surface area (Å²) in [5.41, 5.74) is 1.86. The van der Waals surface area contributed by atoms with Gasteiger partial charge in [0.1, 0.15) is 6.04 Å². The van der Waals surface area contributed by atoms with Crippen LogP contribution < -0.4 is 29.1 Å². The van der Waals surface area contributed by atoms with Crippen molar-refractivity contribution in [2.24, 2.45) is 4.99 Å². The second-order valence-corrected chi connectivity index (χ2v) is 9.07. The summed E-state index contributed by atoms with van der Waals surface area (Å²) in [5, 5.41) is 9.99. The molecule has 0 saturated carbocycles. The SMILES string of the molecule is CCOC(=O)C1=C(C)n2c(s/c(=C\c3ccc(O)c(OCC)c3)c2=O)=N[C@H]1c1ccc2c(c1)OCO2. The largest absolute Gasteiger partial charge is 0.504 e. The molecule has 0 bridgehead atoms. The molecule has 3 heterocycles. The molecule has 36 heavy (non-hydrogen) atoms. The van der Waals surface area contributed by atoms with Crippen LogP contribution in [0.3, 0.4) is 0 Å². The van der Waals surface area contributed by atoms with Crippen LogP contribution >= 0.6 is 11.3 Å². The van der Waals surface area contributed by atoms with E-state index in [1.54, 1.807) is 44.2 Å². The molecule has 1 N–H and O–H groups in total. The molecule has 10 heteroatoms. The summed E-state index contributed by atoms with van der Waals surface area (Å²) >= 11 is 1.22. The van der Waals surface area contributed by atoms with Crippen LogP contribution in [0.4, 0.5) is 0 Å². The summed E-state index contributed by atoms with van der Waals surface area (Å²) in [5.74, 6) is 1.02. The predicted molar refractivity (Wildman–Crippen MR) is 133 cm³/mol. The third-order valence-corrected chi connectivity index (χ3v) is 6.82. The van der Waals surface area contributed by atoms with Gasteiger partial charge >= 0.3 is 5.97 Å². The zero-order valence-corrected chi connectivity index (χ0v) is 20.8. The van der Waals surface area contributed by atoms with Gasteiger partial charge in [-0.2, -0.15) is 0 Å². The summed E-state index contributed by atoms with van der Waals surface area (Å²) in [6, 6.07) is 9.61. The maximum Gasteiger partial charge on any atom is 0.338 e. The Kier molecular flexibility index (Phi) is 6.27. The fourth-order valence-corrected chi connectivity index (χ4v) is 5.22. The van der Waals surface area contributed by atoms with Gasteiger partial charge in [-0.3, -0.25) is 9.36 Å². The van der Waals surface area contributed by atoms with Gasteiger partial charge in [0, 0.05) is 5.70 Å². The molecule has 0 spiro atoms. The molecule has 2 aliphatic heterocycles. The number of phenols is 1. The fourth-order valence-electron chi connectivity index (χ4n) is 4.18. The number of hydrogen-bond donors (Lipinski definition) is 1. The first-order chi connectivity index (χ1) is 17.4. The van der Waals surface area contributed by atoms with E-state index in [1.165, 1.54) is 22.0 Å². The molecule has 9 nitrogen and oxygen atoms in total. The van der Waals surface area contributed by atoms with Crippen LogP contribution in [-0.4, -0.2) is 35.6 Å². The minimum Gasteiger partial charge on any atom is -0.504 e. The zero-order chi connectivity index (χ0) is 25.4. The number of aromatic hydroxyl groups is 1. The monoisotopic (exact) mass is 508 g/mol. The molecule has 3 aromatic rings. The second kappa shape index (κ2) is 9.54. The topological polar surface area (TPSA) is 109 Å². The van der Waals surface area contributed by atoms with E-state index < -0.39 is 12.0 Å². The number of aromatic nitrogens is 1. The molecule has 0 aliphatic carbocycles. The molecule has 0 saturated heterocycles. The lowest BCUT2D eigenvalue weighted by molar-refractivity contribution is -0.138. The van der Waals surface area contributed by atoms with E-state index in [2.05, 4.69) is 0 Å². The van der Waals surface area contributed by atoms with Crippen molar-refractivity contribution in [2.45, 2.75) is 26.8 Å². The lowest BCUT2D eigenvalue weighted by Gasteiger charge is -2.22. The van der Waals surface area contributed by atoms with E-state index >= 15 is 0 Å². The van der Waals surface area contributed by atoms with E-state index in [4.69, 9.17) is 23.9 Å². The molecule has 0 fully saturated rings. The maximum absolute atomic E-state index is 13.4. The maximum atomic E-state index is 13.4. The number of fused-ring (bicyclic) bond motifs is 2. The van der Waals surface area contributed by atoms with Crippen LogP contribution in [0.5, 0.6) is 23.0 Å². The first kappa shape index (κ1) is 23.7. The molecule has 186 valence electrons. The van der Waals surface area contributed by atoms with E-state index in [-0.39, 0.29) is 30.3 Å². The van der Waals surface area contributed by atoms with E-state index in [9.17, 15) is 14.7 Å². The second-order valence-electron chi connectivity index (χ2n) is 8.06. The number of benzene rings is 2. The smallest absolute Gasteiger partial charge is 0.338 e. The van der Waals surface area contributed by atoms with Crippen LogP contribution in [-0.2, 0) is 9.53 Å². The molecular formula is C26H24N2O7S. The third kappa shape index (κ3) is 4.13. The number of esters is 1. The van der Waals surface area contributed by atoms with Crippen molar-refractivity contribution in [2.75, 3.05) is 20.0 Å². The van der Waals surface area contributed by atoms with Gasteiger partial charge in [0.15, 0.2) is 27.8 Å². The Balaban J connectivity index is 1.67. The van der Waals surface area contributed by atoms with Crippen molar-refractivity contribution in [3.63, 3.8) is 0 Å². The van der Waals surface area contributed by atoms with E-state index in [1.807, 2.05) is 13.0 Å². The first-order valence-corrected chi connectivity index (χ1v) is 12.3. The van der Waals surface area contributed by atoms with Gasteiger partial charge in [0.05, 0.1) is 23.3 Å². The number of rotatable bonds is 6. The average molecular weight is 509 g/mol. The van der Waals surface area contributed by atoms with Crippen LogP contribution in [0.1, 0.15) is 37.9 Å². The van der Waals surface area contributed by atoms with Gasteiger partial charge in [-0.05, 0) is 62.2 Å². The Morgan fingerprint density at radius 3 is 2.78 bits per heavy atom. The Bertz CT molecular complexity index is 1570. The van der Waals surface area contributed by atoms with E-state index in [0.717, 1.165) is 5.56 Å². The number of allylic oxidation sites excluding steroid dienone is 1. The molecule has 1 aromatic heterocycles. The molecular weight excluding hydrogens is 484 g/mol. The molecule has 2 aromatic carbocycles. The van der Waals surface area contributed by atoms with Gasteiger partial charge in [-0.25, -0.2) is 9.79 Å². The minimum absolute atomic E-state index is 0.0237. The molecule has 0 radical (unpaired) electrons. The number of carbonyl (C=O) groups is 1. The van der Waals surface area contributed by atoms with Crippen molar-refractivity contribution in [1.29, 1.82) is 0 Å². The first-order valence-electron chi connectivity index (χ1n) is 11.5. The van der Waals surface area contributed by atoms with Crippen LogP contribution in [0.25, 0.3) is 11.8 Å². The number of nitrogens with zero attached hydrogens (tertiary/aromatic N) is 2. The zero-order valence-electron chi connectivity index (χ0n) is 19.9. The van der Waals surface area contributed by atoms with Gasteiger partial charge in [0.25, 0.3) is 5.56 Å². The van der Waals surface area contributed by atoms with Crippen LogP contribution in [0.15, 0.2) is 51.8 Å². The number of ether oxygens (including phenoxy) is 4. The normalized spacial score (nSPS) is 16.5. The number of carbonyl (C=O) groups excluding carboxylic acids is 1. The standard InChI is InChI=1S/C26H24N2O7S/c1-4-32-19-10-15(6-8-17(19)29)11-21-24(30)28-14(3)22(25(31)33-5-2)23(27-26(28)36-21)16-7-9-18-20(12-16)35-13-34-18/h6-12,23,29H,4-5,13H2,1-3H3/b21-11-/t23-/m0/s1. The number of thiazole rings is 1. The van der Waals surface area contributed by atoms with Gasteiger partial charge < -0.3 is 24.1 Å². The Morgan fingerprint density at radius 2 is 2.00 bits per heavy atom. The van der Waals surface area contributed by atoms with Crippen molar-refractivity contribution in [3.8, 4) is 23.0 Å². The van der Waals surface area contributed by atoms with Crippen LogP contribution in [0, 0.1) is 0 Å². The van der Waals surface area contributed by atoms with Gasteiger partial charge in [0.2, 0.25) is 6.79 Å². The lowest BCUT2D eigenvalue weighted by Crippen LogP contribution is -2.35. The predicted octanol–water partition coefficient (Wildman–Crippen LogP) is 2.74. The summed E-state index contributed by atoms with van der Waals surface area (Å²) in [6.45, 7) is 5.99. The molecule has 2 aliphatic rings. The Hall–Kier alpha value is -4.05. The summed E-state index contributed by atoms with van der Waals surface area (Å²) < 4.78 is 23.6. The van der Waals surface area contributed by atoms with Crippen molar-refractivity contribution in [3.05, 3.63) is 72.8 Å². The highest BCUT2D eigenvalue weighted by Crippen LogP contribution is 2.39.